The van der Waals surface area contributed by atoms with Gasteiger partial charge in [0.1, 0.15) is 22.9 Å². The van der Waals surface area contributed by atoms with Gasteiger partial charge in [0.2, 0.25) is 0 Å². The largest absolute Gasteiger partial charge is 0.416 e. The number of likely N-dealkylation sites (N-methyl/N-ethyl adjacent to an activating group) is 1. The highest BCUT2D eigenvalue weighted by Crippen LogP contribution is 2.38. The smallest absolute Gasteiger partial charge is 0.382 e. The Morgan fingerprint density at radius 1 is 1.02 bits per heavy atom. The molecule has 0 radical (unpaired) electrons. The Hall–Kier alpha value is -4.90. The molecule has 3 aromatic carbocycles. The Morgan fingerprint density at radius 2 is 1.81 bits per heavy atom. The van der Waals surface area contributed by atoms with Gasteiger partial charge in [-0.05, 0) is 55.6 Å². The molecular weight excluding hydrogens is 543 g/mol. The quantitative estimate of drug-likeness (QED) is 0.220. The number of nitrogens with zero attached hydrogens (tertiary/aromatic N) is 4. The predicted octanol–water partition coefficient (Wildman–Crippen LogP) is 6.82. The van der Waals surface area contributed by atoms with Crippen LogP contribution in [-0.4, -0.2) is 45.4 Å². The summed E-state index contributed by atoms with van der Waals surface area (Å²) in [7, 11) is 2.09. The van der Waals surface area contributed by atoms with Crippen LogP contribution in [-0.2, 0) is 6.18 Å². The van der Waals surface area contributed by atoms with E-state index in [2.05, 4.69) is 38.0 Å². The van der Waals surface area contributed by atoms with Crippen molar-refractivity contribution < 1.29 is 18.0 Å². The van der Waals surface area contributed by atoms with E-state index < -0.39 is 17.8 Å². The fourth-order valence-electron chi connectivity index (χ4n) is 5.40. The number of aryl methyl sites for hydroxylation is 1. The number of nitrogens with one attached hydrogen (secondary N) is 2. The van der Waals surface area contributed by atoms with E-state index in [9.17, 15) is 18.0 Å². The first-order valence-corrected chi connectivity index (χ1v) is 13.4. The summed E-state index contributed by atoms with van der Waals surface area (Å²) in [6.45, 7) is 3.73. The number of benzene rings is 3. The zero-order chi connectivity index (χ0) is 29.6. The predicted molar refractivity (Wildman–Crippen MR) is 159 cm³/mol. The van der Waals surface area contributed by atoms with Crippen LogP contribution in [0.5, 0.6) is 0 Å². The van der Waals surface area contributed by atoms with Crippen molar-refractivity contribution in [3.8, 4) is 11.3 Å². The molecule has 3 heterocycles. The summed E-state index contributed by atoms with van der Waals surface area (Å²) in [5.41, 5.74) is 10.4. The fraction of sp³-hybridized carbons (Fsp3) is 0.194. The number of urea groups is 1. The van der Waals surface area contributed by atoms with Crippen LogP contribution in [0.4, 0.5) is 35.2 Å². The second-order valence-corrected chi connectivity index (χ2v) is 10.3. The molecule has 2 amide bonds. The van der Waals surface area contributed by atoms with Gasteiger partial charge in [-0.3, -0.25) is 4.40 Å². The number of anilines is 3. The number of nitrogen functional groups attached to an aromatic ring is 1. The first kappa shape index (κ1) is 27.3. The lowest BCUT2D eigenvalue weighted by Gasteiger charge is -2.22. The van der Waals surface area contributed by atoms with Gasteiger partial charge in [-0.15, -0.1) is 0 Å². The average molecular weight is 572 g/mol. The third-order valence-corrected chi connectivity index (χ3v) is 7.47. The maximum atomic E-state index is 13.1. The monoisotopic (exact) mass is 571 g/mol. The highest BCUT2D eigenvalue weighted by molar-refractivity contribution is 6.11. The second-order valence-electron chi connectivity index (χ2n) is 10.3. The molecule has 0 spiro atoms. The zero-order valence-electron chi connectivity index (χ0n) is 23.0. The minimum atomic E-state index is -4.51. The van der Waals surface area contributed by atoms with E-state index in [0.29, 0.717) is 22.7 Å². The molecule has 0 atom stereocenters. The number of carbonyl (C=O) groups is 1. The van der Waals surface area contributed by atoms with Gasteiger partial charge < -0.3 is 21.3 Å². The number of alkyl halides is 3. The molecule has 0 bridgehead atoms. The summed E-state index contributed by atoms with van der Waals surface area (Å²) in [6, 6.07) is 14.9. The van der Waals surface area contributed by atoms with E-state index in [1.807, 2.05) is 37.3 Å². The van der Waals surface area contributed by atoms with Crippen LogP contribution in [0.1, 0.15) is 23.5 Å². The van der Waals surface area contributed by atoms with Gasteiger partial charge in [-0.25, -0.2) is 14.8 Å². The van der Waals surface area contributed by atoms with E-state index in [-0.39, 0.29) is 5.69 Å². The van der Waals surface area contributed by atoms with Crippen molar-refractivity contribution in [2.24, 2.45) is 0 Å². The number of aromatic nitrogens is 3. The Labute approximate surface area is 239 Å². The molecule has 2 aromatic heterocycles. The molecule has 8 nitrogen and oxygen atoms in total. The molecule has 42 heavy (non-hydrogen) atoms. The van der Waals surface area contributed by atoms with E-state index in [1.54, 1.807) is 12.3 Å². The summed E-state index contributed by atoms with van der Waals surface area (Å²) >= 11 is 0. The van der Waals surface area contributed by atoms with Crippen molar-refractivity contribution in [3.05, 3.63) is 90.0 Å². The van der Waals surface area contributed by atoms with Crippen LogP contribution in [0.15, 0.2) is 72.9 Å². The maximum Gasteiger partial charge on any atom is 0.416 e. The van der Waals surface area contributed by atoms with Crippen LogP contribution < -0.4 is 16.4 Å². The van der Waals surface area contributed by atoms with Crippen molar-refractivity contribution in [1.29, 1.82) is 0 Å². The van der Waals surface area contributed by atoms with Crippen LogP contribution in [0, 0.1) is 6.92 Å². The number of hydrogen-bond acceptors (Lipinski definition) is 5. The van der Waals surface area contributed by atoms with E-state index in [1.165, 1.54) is 17.7 Å². The van der Waals surface area contributed by atoms with Crippen LogP contribution in [0.2, 0.25) is 0 Å². The lowest BCUT2D eigenvalue weighted by molar-refractivity contribution is -0.137. The summed E-state index contributed by atoms with van der Waals surface area (Å²) in [6.07, 6.45) is 0.372. The summed E-state index contributed by atoms with van der Waals surface area (Å²) < 4.78 is 41.4. The van der Waals surface area contributed by atoms with Crippen molar-refractivity contribution in [2.75, 3.05) is 36.5 Å². The molecule has 0 saturated carbocycles. The molecule has 0 unspecified atom stereocenters. The molecule has 0 aliphatic carbocycles. The van der Waals surface area contributed by atoms with Crippen molar-refractivity contribution in [1.82, 2.24) is 19.3 Å². The molecular formula is C31H28F3N7O. The van der Waals surface area contributed by atoms with E-state index in [0.717, 1.165) is 59.5 Å². The first-order chi connectivity index (χ1) is 20.1. The SMILES string of the molecule is Cc1nc(-c2ccc(NC(=O)Nc3cccc(C(F)(F)F)c3)c3ccccc23)c2c(N)ncc(C3=CCN(C)CC3)n12. The molecule has 5 aromatic rings. The molecule has 6 rings (SSSR count). The van der Waals surface area contributed by atoms with Crippen molar-refractivity contribution in [3.63, 3.8) is 0 Å². The average Bonchev–Trinajstić information content (AvgIpc) is 3.31. The molecule has 0 saturated heterocycles. The minimum Gasteiger partial charge on any atom is -0.382 e. The number of imidazole rings is 1. The summed E-state index contributed by atoms with van der Waals surface area (Å²) in [5.74, 6) is 1.13. The number of rotatable bonds is 4. The fourth-order valence-corrected chi connectivity index (χ4v) is 5.40. The van der Waals surface area contributed by atoms with Gasteiger partial charge in [0.15, 0.2) is 0 Å². The topological polar surface area (TPSA) is 101 Å². The number of carbonyl (C=O) groups excluding carboxylic acids is 1. The Bertz CT molecular complexity index is 1880. The Morgan fingerprint density at radius 3 is 2.55 bits per heavy atom. The molecule has 11 heteroatoms. The summed E-state index contributed by atoms with van der Waals surface area (Å²) in [5, 5.41) is 6.81. The zero-order valence-corrected chi connectivity index (χ0v) is 23.0. The second kappa shape index (κ2) is 10.5. The number of fused-ring (bicyclic) bond motifs is 2. The third kappa shape index (κ3) is 5.03. The Kier molecular flexibility index (Phi) is 6.82. The van der Waals surface area contributed by atoms with Gasteiger partial charge in [0.25, 0.3) is 0 Å². The van der Waals surface area contributed by atoms with Crippen LogP contribution >= 0.6 is 0 Å². The van der Waals surface area contributed by atoms with E-state index >= 15 is 0 Å². The molecule has 0 fully saturated rings. The lowest BCUT2D eigenvalue weighted by atomic mass is 9.99. The number of halogens is 3. The minimum absolute atomic E-state index is 0.0294. The lowest BCUT2D eigenvalue weighted by Crippen LogP contribution is -2.24. The Balaban J connectivity index is 1.38. The molecule has 4 N–H and O–H groups in total. The van der Waals surface area contributed by atoms with Gasteiger partial charge in [0, 0.05) is 29.7 Å². The van der Waals surface area contributed by atoms with Crippen LogP contribution in [0.3, 0.4) is 0 Å². The first-order valence-electron chi connectivity index (χ1n) is 13.4. The third-order valence-electron chi connectivity index (χ3n) is 7.47. The van der Waals surface area contributed by atoms with Gasteiger partial charge in [0.05, 0.1) is 23.1 Å². The normalized spacial score (nSPS) is 14.3. The molecule has 214 valence electrons. The van der Waals surface area contributed by atoms with Crippen LogP contribution in [0.25, 0.3) is 33.1 Å². The van der Waals surface area contributed by atoms with E-state index in [4.69, 9.17) is 10.7 Å². The maximum absolute atomic E-state index is 13.1. The summed E-state index contributed by atoms with van der Waals surface area (Å²) in [4.78, 5) is 24.5. The molecule has 1 aliphatic heterocycles. The van der Waals surface area contributed by atoms with Gasteiger partial charge in [-0.2, -0.15) is 13.2 Å². The molecule has 1 aliphatic rings. The van der Waals surface area contributed by atoms with Crippen molar-refractivity contribution >= 4 is 45.1 Å². The number of amides is 2. The standard InChI is InChI=1S/C31H28F3N7O/c1-18-37-27(28-29(35)36-17-26(41(18)28)19-12-14-40(2)15-13-19)24-10-11-25(23-9-4-3-8-22(23)24)39-30(42)38-21-7-5-6-20(16-21)31(32,33)34/h3-12,16-17H,13-15H2,1-2H3,(H2,35,36)(H2,38,39,42). The van der Waals surface area contributed by atoms with Crippen molar-refractivity contribution in [2.45, 2.75) is 19.5 Å². The highest BCUT2D eigenvalue weighted by Gasteiger charge is 2.30. The van der Waals surface area contributed by atoms with Gasteiger partial charge >= 0.3 is 12.2 Å². The highest BCUT2D eigenvalue weighted by atomic mass is 19.4. The number of hydrogen-bond donors (Lipinski definition) is 3. The van der Waals surface area contributed by atoms with Gasteiger partial charge in [-0.1, -0.05) is 42.5 Å². The number of nitrogens with two attached hydrogens (primary N) is 1.